The van der Waals surface area contributed by atoms with Crippen LogP contribution in [-0.2, 0) is 10.3 Å². The number of aromatic nitrogens is 2. The number of carbonyl (C=O) groups is 2. The molecule has 0 aliphatic rings. The lowest BCUT2D eigenvalue weighted by atomic mass is 10.0. The Morgan fingerprint density at radius 1 is 1.03 bits per heavy atom. The number of carbonyl (C=O) groups excluding carboxylic acids is 2. The van der Waals surface area contributed by atoms with Crippen molar-refractivity contribution in [2.24, 2.45) is 9.98 Å². The number of pyridine rings is 2. The number of hydrogen-bond acceptors (Lipinski definition) is 6. The second-order valence-corrected chi connectivity index (χ2v) is 8.90. The molecule has 0 unspecified atom stereocenters. The molecule has 0 fully saturated rings. The molecular weight excluding hydrogens is 480 g/mol. The quantitative estimate of drug-likeness (QED) is 0.332. The molecule has 0 radical (unpaired) electrons. The Morgan fingerprint density at radius 2 is 1.74 bits per heavy atom. The van der Waals surface area contributed by atoms with E-state index < -0.39 is 5.60 Å². The molecule has 0 atom stereocenters. The predicted octanol–water partition coefficient (Wildman–Crippen LogP) is 4.79. The molecular formula is C29H32N6O3. The van der Waals surface area contributed by atoms with Gasteiger partial charge in [0.15, 0.2) is 5.84 Å². The summed E-state index contributed by atoms with van der Waals surface area (Å²) in [6.45, 7) is 11.2. The van der Waals surface area contributed by atoms with E-state index in [1.165, 1.54) is 0 Å². The molecule has 38 heavy (non-hydrogen) atoms. The molecule has 2 aromatic heterocycles. The molecule has 2 amide bonds. The van der Waals surface area contributed by atoms with Crippen LogP contribution in [0.25, 0.3) is 5.70 Å². The van der Waals surface area contributed by atoms with Gasteiger partial charge >= 0.3 is 0 Å². The first kappa shape index (κ1) is 28.1. The number of nitrogens with one attached hydrogen (secondary N) is 2. The largest absolute Gasteiger partial charge is 0.373 e. The smallest absolute Gasteiger partial charge is 0.269 e. The summed E-state index contributed by atoms with van der Waals surface area (Å²) >= 11 is 0. The lowest BCUT2D eigenvalue weighted by molar-refractivity contribution is 0.0154. The fourth-order valence-electron chi connectivity index (χ4n) is 3.58. The van der Waals surface area contributed by atoms with Gasteiger partial charge in [0.2, 0.25) is 0 Å². The number of allylic oxidation sites excluding steroid dienone is 1. The van der Waals surface area contributed by atoms with Crippen molar-refractivity contribution in [1.29, 1.82) is 0 Å². The van der Waals surface area contributed by atoms with Crippen LogP contribution >= 0.6 is 0 Å². The highest BCUT2D eigenvalue weighted by Crippen LogP contribution is 2.24. The molecule has 0 aliphatic heterocycles. The summed E-state index contributed by atoms with van der Waals surface area (Å²) in [7, 11) is 3.15. The summed E-state index contributed by atoms with van der Waals surface area (Å²) in [5.41, 5.74) is 4.24. The van der Waals surface area contributed by atoms with E-state index in [1.807, 2.05) is 45.9 Å². The van der Waals surface area contributed by atoms with Gasteiger partial charge in [0, 0.05) is 48.9 Å². The molecule has 9 heteroatoms. The third-order valence-corrected chi connectivity index (χ3v) is 6.05. The van der Waals surface area contributed by atoms with E-state index in [-0.39, 0.29) is 17.5 Å². The highest BCUT2D eigenvalue weighted by Gasteiger charge is 2.22. The fraction of sp³-hybridized carbons (Fsp3) is 0.241. The van der Waals surface area contributed by atoms with Crippen molar-refractivity contribution in [3.8, 4) is 0 Å². The van der Waals surface area contributed by atoms with E-state index in [1.54, 1.807) is 56.9 Å². The molecule has 196 valence electrons. The Morgan fingerprint density at radius 3 is 2.39 bits per heavy atom. The molecule has 1 aromatic carbocycles. The first-order valence-corrected chi connectivity index (χ1v) is 12.0. The van der Waals surface area contributed by atoms with Crippen LogP contribution < -0.4 is 10.6 Å². The fourth-order valence-corrected chi connectivity index (χ4v) is 3.58. The van der Waals surface area contributed by atoms with Gasteiger partial charge in [-0.05, 0) is 76.4 Å². The Labute approximate surface area is 222 Å². The number of amidine groups is 1. The van der Waals surface area contributed by atoms with Crippen molar-refractivity contribution >= 4 is 35.8 Å². The third kappa shape index (κ3) is 6.43. The second-order valence-electron chi connectivity index (χ2n) is 8.90. The highest BCUT2D eigenvalue weighted by molar-refractivity contribution is 6.08. The van der Waals surface area contributed by atoms with Crippen LogP contribution in [0, 0.1) is 6.92 Å². The van der Waals surface area contributed by atoms with E-state index in [0.29, 0.717) is 39.6 Å². The molecule has 9 nitrogen and oxygen atoms in total. The number of methoxy groups -OCH3 is 1. The molecule has 0 saturated carbocycles. The summed E-state index contributed by atoms with van der Waals surface area (Å²) < 4.78 is 5.49. The van der Waals surface area contributed by atoms with Crippen molar-refractivity contribution < 1.29 is 14.3 Å². The van der Waals surface area contributed by atoms with E-state index in [9.17, 15) is 9.59 Å². The average molecular weight is 513 g/mol. The first-order chi connectivity index (χ1) is 18.1. The highest BCUT2D eigenvalue weighted by atomic mass is 16.5. The van der Waals surface area contributed by atoms with Gasteiger partial charge in [0.1, 0.15) is 11.3 Å². The van der Waals surface area contributed by atoms with Gasteiger partial charge in [0.25, 0.3) is 11.8 Å². The average Bonchev–Trinajstić information content (AvgIpc) is 2.94. The van der Waals surface area contributed by atoms with Crippen LogP contribution in [0.4, 0.5) is 5.69 Å². The van der Waals surface area contributed by atoms with Crippen molar-refractivity contribution in [3.05, 3.63) is 94.6 Å². The summed E-state index contributed by atoms with van der Waals surface area (Å²) in [5.74, 6) is -0.203. The van der Waals surface area contributed by atoms with Crippen molar-refractivity contribution in [2.75, 3.05) is 19.5 Å². The zero-order valence-electron chi connectivity index (χ0n) is 22.5. The maximum atomic E-state index is 13.0. The maximum absolute atomic E-state index is 13.0. The molecule has 3 rings (SSSR count). The normalized spacial score (nSPS) is 12.2. The molecule has 3 aromatic rings. The van der Waals surface area contributed by atoms with E-state index in [4.69, 9.17) is 9.73 Å². The minimum atomic E-state index is -0.630. The number of aliphatic imine (C=N–C) groups is 2. The van der Waals surface area contributed by atoms with E-state index in [2.05, 4.69) is 32.3 Å². The Hall–Kier alpha value is -4.50. The van der Waals surface area contributed by atoms with Gasteiger partial charge in [-0.1, -0.05) is 12.1 Å². The van der Waals surface area contributed by atoms with Gasteiger partial charge in [-0.25, -0.2) is 9.98 Å². The van der Waals surface area contributed by atoms with Gasteiger partial charge < -0.3 is 15.4 Å². The molecule has 2 N–H and O–H groups in total. The van der Waals surface area contributed by atoms with E-state index in [0.717, 1.165) is 5.56 Å². The van der Waals surface area contributed by atoms with Crippen LogP contribution in [0.3, 0.4) is 0 Å². The standard InChI is InChI=1S/C29H32N6O3/c1-8-23(19-11-13-32-24(15-19)28(37)31-6)35-26(30-5)22-17-21(10-9-18(22)2)34-27(36)20-12-14-33-25(16-20)29(3,4)38-7/h8-17H,5H2,1-4,6-7H3,(H,31,37)(H,34,36)/b23-8-,35-26?. The van der Waals surface area contributed by atoms with Crippen LogP contribution in [0.2, 0.25) is 0 Å². The van der Waals surface area contributed by atoms with E-state index >= 15 is 0 Å². The molecule has 0 bridgehead atoms. The lowest BCUT2D eigenvalue weighted by Gasteiger charge is -2.22. The van der Waals surface area contributed by atoms with Crippen LogP contribution in [0.1, 0.15) is 64.0 Å². The monoisotopic (exact) mass is 512 g/mol. The predicted molar refractivity (Wildman–Crippen MR) is 151 cm³/mol. The molecule has 2 heterocycles. The summed E-state index contributed by atoms with van der Waals surface area (Å²) in [4.78, 5) is 42.4. The number of ether oxygens (including phenoxy) is 1. The number of aryl methyl sites for hydroxylation is 1. The van der Waals surface area contributed by atoms with Crippen LogP contribution in [0.5, 0.6) is 0 Å². The Balaban J connectivity index is 1.93. The van der Waals surface area contributed by atoms with Gasteiger partial charge in [-0.2, -0.15) is 0 Å². The number of nitrogens with zero attached hydrogens (tertiary/aromatic N) is 4. The van der Waals surface area contributed by atoms with Gasteiger partial charge in [0.05, 0.1) is 11.4 Å². The third-order valence-electron chi connectivity index (χ3n) is 6.05. The minimum absolute atomic E-state index is 0.279. The maximum Gasteiger partial charge on any atom is 0.269 e. The van der Waals surface area contributed by atoms with Crippen LogP contribution in [0.15, 0.2) is 70.9 Å². The topological polar surface area (TPSA) is 118 Å². The number of amides is 2. The molecule has 0 aliphatic carbocycles. The number of hydrogen-bond donors (Lipinski definition) is 2. The zero-order valence-corrected chi connectivity index (χ0v) is 22.5. The Kier molecular flexibility index (Phi) is 8.98. The number of anilines is 1. The molecule has 0 spiro atoms. The lowest BCUT2D eigenvalue weighted by Crippen LogP contribution is -2.22. The Bertz CT molecular complexity index is 1430. The van der Waals surface area contributed by atoms with Crippen molar-refractivity contribution in [2.45, 2.75) is 33.3 Å². The van der Waals surface area contributed by atoms with Crippen molar-refractivity contribution in [3.63, 3.8) is 0 Å². The molecule has 0 saturated heterocycles. The number of benzene rings is 1. The van der Waals surface area contributed by atoms with Crippen molar-refractivity contribution in [1.82, 2.24) is 15.3 Å². The van der Waals surface area contributed by atoms with Crippen LogP contribution in [-0.4, -0.2) is 48.5 Å². The SMILES string of the molecule is C=NC(=N/C(=C\C)c1ccnc(C(=O)NC)c1)c1cc(NC(=O)c2ccnc(C(C)(C)OC)c2)ccc1C. The van der Waals surface area contributed by atoms with Gasteiger partial charge in [-0.3, -0.25) is 19.6 Å². The van der Waals surface area contributed by atoms with Gasteiger partial charge in [-0.15, -0.1) is 0 Å². The summed E-state index contributed by atoms with van der Waals surface area (Å²) in [6.07, 6.45) is 4.96. The first-order valence-electron chi connectivity index (χ1n) is 12.0. The zero-order chi connectivity index (χ0) is 27.9. The second kappa shape index (κ2) is 12.2. The minimum Gasteiger partial charge on any atom is -0.373 e. The number of rotatable bonds is 8. The summed E-state index contributed by atoms with van der Waals surface area (Å²) in [5, 5.41) is 5.50. The summed E-state index contributed by atoms with van der Waals surface area (Å²) in [6, 6.07) is 12.3.